The number of aromatic nitrogens is 3. The molecule has 1 aliphatic heterocycles. The second kappa shape index (κ2) is 7.25. The van der Waals surface area contributed by atoms with E-state index in [0.717, 1.165) is 18.4 Å². The van der Waals surface area contributed by atoms with Crippen molar-refractivity contribution in [3.05, 3.63) is 54.4 Å². The van der Waals surface area contributed by atoms with Gasteiger partial charge in [-0.1, -0.05) is 6.07 Å². The van der Waals surface area contributed by atoms with Crippen molar-refractivity contribution in [1.82, 2.24) is 19.9 Å². The van der Waals surface area contributed by atoms with Crippen molar-refractivity contribution < 1.29 is 14.3 Å². The molecule has 3 heterocycles. The lowest BCUT2D eigenvalue weighted by Gasteiger charge is -2.38. The van der Waals surface area contributed by atoms with Crippen LogP contribution in [0.4, 0.5) is 0 Å². The summed E-state index contributed by atoms with van der Waals surface area (Å²) in [4.78, 5) is 26.7. The molecule has 0 unspecified atom stereocenters. The van der Waals surface area contributed by atoms with Gasteiger partial charge in [0.2, 0.25) is 0 Å². The molecule has 4 rings (SSSR count). The molecule has 1 saturated heterocycles. The minimum Gasteiger partial charge on any atom is -0.372 e. The third-order valence-electron chi connectivity index (χ3n) is 4.78. The van der Waals surface area contributed by atoms with Gasteiger partial charge in [0.15, 0.2) is 0 Å². The van der Waals surface area contributed by atoms with Crippen LogP contribution in [0.5, 0.6) is 0 Å². The maximum atomic E-state index is 12.8. The van der Waals surface area contributed by atoms with Gasteiger partial charge in [0.05, 0.1) is 25.4 Å². The molecule has 1 amide bonds. The van der Waals surface area contributed by atoms with Crippen LogP contribution < -0.4 is 0 Å². The molecule has 2 aromatic heterocycles. The molecule has 1 saturated carbocycles. The molecule has 130 valence electrons. The second-order valence-corrected chi connectivity index (χ2v) is 6.28. The lowest BCUT2D eigenvalue weighted by atomic mass is 10.1. The molecule has 1 aliphatic carbocycles. The average molecular weight is 340 g/mol. The van der Waals surface area contributed by atoms with Crippen LogP contribution in [0.25, 0.3) is 0 Å². The summed E-state index contributed by atoms with van der Waals surface area (Å²) < 4.78 is 12.0. The molecule has 7 heteroatoms. The van der Waals surface area contributed by atoms with Crippen molar-refractivity contribution >= 4 is 5.91 Å². The Bertz CT molecular complexity index is 713. The predicted molar refractivity (Wildman–Crippen MR) is 88.6 cm³/mol. The summed E-state index contributed by atoms with van der Waals surface area (Å²) in [6.45, 7) is 1.61. The van der Waals surface area contributed by atoms with Crippen LogP contribution in [0, 0.1) is 0 Å². The molecular weight excluding hydrogens is 320 g/mol. The van der Waals surface area contributed by atoms with Gasteiger partial charge in [0.25, 0.3) is 5.91 Å². The minimum absolute atomic E-state index is 0.00814. The Kier molecular flexibility index (Phi) is 4.67. The number of nitrogens with zero attached hydrogens (tertiary/aromatic N) is 4. The number of pyridine rings is 1. The maximum Gasteiger partial charge on any atom is 0.272 e. The standard InChI is InChI=1S/C18H20N4O3/c23-18(14-5-7-20-12-21-14)22-8-9-24-17-15(22)3-4-16(17)25-11-13-2-1-6-19-10-13/h1-2,5-7,10,12,15-17H,3-4,8-9,11H2/t15-,16-,17+/m0/s1. The van der Waals surface area contributed by atoms with E-state index in [1.165, 1.54) is 6.33 Å². The maximum absolute atomic E-state index is 12.8. The van der Waals surface area contributed by atoms with Gasteiger partial charge in [-0.3, -0.25) is 9.78 Å². The zero-order valence-electron chi connectivity index (χ0n) is 13.8. The fraction of sp³-hybridized carbons (Fsp3) is 0.444. The van der Waals surface area contributed by atoms with E-state index in [1.807, 2.05) is 17.0 Å². The summed E-state index contributed by atoms with van der Waals surface area (Å²) in [7, 11) is 0. The number of rotatable bonds is 4. The van der Waals surface area contributed by atoms with Crippen molar-refractivity contribution in [2.75, 3.05) is 13.2 Å². The summed E-state index contributed by atoms with van der Waals surface area (Å²) in [5.41, 5.74) is 1.46. The van der Waals surface area contributed by atoms with Gasteiger partial charge in [-0.05, 0) is 30.5 Å². The minimum atomic E-state index is -0.0868. The quantitative estimate of drug-likeness (QED) is 0.839. The molecule has 0 radical (unpaired) electrons. The second-order valence-electron chi connectivity index (χ2n) is 6.28. The van der Waals surface area contributed by atoms with Crippen molar-refractivity contribution in [2.24, 2.45) is 0 Å². The van der Waals surface area contributed by atoms with Crippen LogP contribution in [-0.2, 0) is 16.1 Å². The number of hydrogen-bond donors (Lipinski definition) is 0. The van der Waals surface area contributed by atoms with Crippen LogP contribution >= 0.6 is 0 Å². The molecule has 2 aliphatic rings. The SMILES string of the molecule is O=C(c1ccncn1)N1CCO[C@H]2[C@@H](OCc3cccnc3)CC[C@@H]21. The van der Waals surface area contributed by atoms with Crippen molar-refractivity contribution in [3.8, 4) is 0 Å². The number of amides is 1. The van der Waals surface area contributed by atoms with Crippen LogP contribution in [0.2, 0.25) is 0 Å². The number of ether oxygens (including phenoxy) is 2. The number of hydrogen-bond acceptors (Lipinski definition) is 6. The Morgan fingerprint density at radius 1 is 1.28 bits per heavy atom. The first kappa shape index (κ1) is 16.1. The van der Waals surface area contributed by atoms with E-state index in [4.69, 9.17) is 9.47 Å². The van der Waals surface area contributed by atoms with Gasteiger partial charge in [-0.15, -0.1) is 0 Å². The predicted octanol–water partition coefficient (Wildman–Crippen LogP) is 1.46. The highest BCUT2D eigenvalue weighted by atomic mass is 16.5. The third-order valence-corrected chi connectivity index (χ3v) is 4.78. The number of morpholine rings is 1. The molecular formula is C18H20N4O3. The monoisotopic (exact) mass is 340 g/mol. The first-order chi connectivity index (χ1) is 12.3. The van der Waals surface area contributed by atoms with E-state index in [2.05, 4.69) is 15.0 Å². The molecule has 2 fully saturated rings. The lowest BCUT2D eigenvalue weighted by molar-refractivity contribution is -0.108. The van der Waals surface area contributed by atoms with E-state index in [9.17, 15) is 4.79 Å². The topological polar surface area (TPSA) is 77.4 Å². The molecule has 0 spiro atoms. The summed E-state index contributed by atoms with van der Waals surface area (Å²) in [5.74, 6) is -0.0615. The van der Waals surface area contributed by atoms with Gasteiger partial charge in [-0.25, -0.2) is 9.97 Å². The van der Waals surface area contributed by atoms with Gasteiger partial charge in [-0.2, -0.15) is 0 Å². The van der Waals surface area contributed by atoms with Crippen LogP contribution in [0.15, 0.2) is 43.1 Å². The van der Waals surface area contributed by atoms with E-state index in [-0.39, 0.29) is 24.2 Å². The van der Waals surface area contributed by atoms with Crippen molar-refractivity contribution in [2.45, 2.75) is 37.7 Å². The Morgan fingerprint density at radius 2 is 2.24 bits per heavy atom. The largest absolute Gasteiger partial charge is 0.372 e. The van der Waals surface area contributed by atoms with Crippen molar-refractivity contribution in [1.29, 1.82) is 0 Å². The molecule has 3 atom stereocenters. The fourth-order valence-corrected chi connectivity index (χ4v) is 3.60. The van der Waals surface area contributed by atoms with Crippen LogP contribution in [-0.4, -0.2) is 57.2 Å². The highest BCUT2D eigenvalue weighted by Crippen LogP contribution is 2.33. The fourth-order valence-electron chi connectivity index (χ4n) is 3.60. The van der Waals surface area contributed by atoms with E-state index in [1.54, 1.807) is 24.7 Å². The average Bonchev–Trinajstić information content (AvgIpc) is 3.10. The van der Waals surface area contributed by atoms with Gasteiger partial charge in [0, 0.05) is 25.1 Å². The van der Waals surface area contributed by atoms with E-state index < -0.39 is 0 Å². The highest BCUT2D eigenvalue weighted by molar-refractivity contribution is 5.92. The van der Waals surface area contributed by atoms with Crippen LogP contribution in [0.1, 0.15) is 28.9 Å². The Labute approximate surface area is 146 Å². The molecule has 2 aromatic rings. The Balaban J connectivity index is 1.42. The molecule has 0 bridgehead atoms. The molecule has 0 aromatic carbocycles. The first-order valence-electron chi connectivity index (χ1n) is 8.52. The molecule has 0 N–H and O–H groups in total. The van der Waals surface area contributed by atoms with Gasteiger partial charge in [0.1, 0.15) is 18.1 Å². The molecule has 7 nitrogen and oxygen atoms in total. The zero-order valence-corrected chi connectivity index (χ0v) is 13.8. The first-order valence-corrected chi connectivity index (χ1v) is 8.52. The summed E-state index contributed by atoms with van der Waals surface area (Å²) in [5, 5.41) is 0. The van der Waals surface area contributed by atoms with Crippen molar-refractivity contribution in [3.63, 3.8) is 0 Å². The third kappa shape index (κ3) is 3.38. The van der Waals surface area contributed by atoms with Crippen LogP contribution in [0.3, 0.4) is 0 Å². The zero-order chi connectivity index (χ0) is 17.1. The lowest BCUT2D eigenvalue weighted by Crippen LogP contribution is -2.54. The summed E-state index contributed by atoms with van der Waals surface area (Å²) in [6, 6.07) is 5.58. The highest BCUT2D eigenvalue weighted by Gasteiger charge is 2.45. The number of fused-ring (bicyclic) bond motifs is 1. The Hall–Kier alpha value is -2.38. The van der Waals surface area contributed by atoms with E-state index >= 15 is 0 Å². The number of carbonyl (C=O) groups is 1. The van der Waals surface area contributed by atoms with Gasteiger partial charge >= 0.3 is 0 Å². The molecule has 25 heavy (non-hydrogen) atoms. The number of carbonyl (C=O) groups excluding carboxylic acids is 1. The smallest absolute Gasteiger partial charge is 0.272 e. The Morgan fingerprint density at radius 3 is 3.04 bits per heavy atom. The van der Waals surface area contributed by atoms with Gasteiger partial charge < -0.3 is 14.4 Å². The normalized spacial score (nSPS) is 25.6. The summed E-state index contributed by atoms with van der Waals surface area (Å²) in [6.07, 6.45) is 8.20. The van der Waals surface area contributed by atoms with E-state index in [0.29, 0.717) is 25.5 Å². The summed E-state index contributed by atoms with van der Waals surface area (Å²) >= 11 is 0.